The number of carbonyl (C=O) groups is 1. The second-order valence-corrected chi connectivity index (χ2v) is 4.82. The third kappa shape index (κ3) is 4.40. The van der Waals surface area contributed by atoms with Gasteiger partial charge in [0.25, 0.3) is 5.91 Å². The predicted molar refractivity (Wildman–Crippen MR) is 75.5 cm³/mol. The summed E-state index contributed by atoms with van der Waals surface area (Å²) in [6.07, 6.45) is 1.33. The van der Waals surface area contributed by atoms with Gasteiger partial charge in [-0.15, -0.1) is 0 Å². The molecule has 0 aliphatic rings. The van der Waals surface area contributed by atoms with Gasteiger partial charge >= 0.3 is 0 Å². The fraction of sp³-hybridized carbons (Fsp3) is 0.500. The van der Waals surface area contributed by atoms with Crippen LogP contribution in [0.15, 0.2) is 24.3 Å². The van der Waals surface area contributed by atoms with Crippen molar-refractivity contribution in [2.75, 3.05) is 13.2 Å². The molecule has 0 spiro atoms. The number of rotatable bonds is 7. The van der Waals surface area contributed by atoms with Crippen LogP contribution in [-0.2, 0) is 4.79 Å². The molecule has 0 atom stereocenters. The van der Waals surface area contributed by atoms with Crippen LogP contribution in [-0.4, -0.2) is 29.8 Å². The van der Waals surface area contributed by atoms with Gasteiger partial charge in [-0.25, -0.2) is 0 Å². The first-order valence-corrected chi connectivity index (χ1v) is 6.74. The first-order chi connectivity index (χ1) is 9.06. The van der Waals surface area contributed by atoms with Crippen LogP contribution in [0.2, 0.25) is 5.02 Å². The minimum atomic E-state index is -0.569. The van der Waals surface area contributed by atoms with Gasteiger partial charge in [-0.05, 0) is 25.0 Å². The Morgan fingerprint density at radius 3 is 2.53 bits per heavy atom. The molecule has 0 unspecified atom stereocenters. The number of amides is 1. The smallest absolute Gasteiger partial charge is 0.258 e. The Morgan fingerprint density at radius 1 is 1.37 bits per heavy atom. The number of aliphatic hydroxyl groups excluding tert-OH is 1. The molecule has 0 aliphatic heterocycles. The first-order valence-electron chi connectivity index (χ1n) is 6.36. The van der Waals surface area contributed by atoms with Crippen molar-refractivity contribution >= 4 is 17.5 Å². The number of benzene rings is 1. The second kappa shape index (κ2) is 7.36. The number of nitrogens with one attached hydrogen (secondary N) is 1. The molecule has 106 valence electrons. The summed E-state index contributed by atoms with van der Waals surface area (Å²) in [7, 11) is 0. The van der Waals surface area contributed by atoms with Crippen LogP contribution < -0.4 is 10.1 Å². The van der Waals surface area contributed by atoms with Crippen molar-refractivity contribution in [3.8, 4) is 5.75 Å². The highest BCUT2D eigenvalue weighted by Gasteiger charge is 2.27. The monoisotopic (exact) mass is 285 g/mol. The molecule has 0 fully saturated rings. The SMILES string of the molecule is CCC(CC)(CO)NC(=O)COc1ccccc1Cl. The van der Waals surface area contributed by atoms with Crippen LogP contribution in [0.25, 0.3) is 0 Å². The van der Waals surface area contributed by atoms with Crippen LogP contribution in [0.4, 0.5) is 0 Å². The lowest BCUT2D eigenvalue weighted by Crippen LogP contribution is -2.51. The summed E-state index contributed by atoms with van der Waals surface area (Å²) in [5.41, 5.74) is -0.569. The van der Waals surface area contributed by atoms with Gasteiger partial charge in [0.2, 0.25) is 0 Å². The van der Waals surface area contributed by atoms with E-state index in [-0.39, 0.29) is 19.1 Å². The fourth-order valence-corrected chi connectivity index (χ4v) is 1.92. The molecule has 0 saturated heterocycles. The van der Waals surface area contributed by atoms with Crippen LogP contribution in [0.3, 0.4) is 0 Å². The number of hydrogen-bond acceptors (Lipinski definition) is 3. The summed E-state index contributed by atoms with van der Waals surface area (Å²) in [5.74, 6) is 0.208. The lowest BCUT2D eigenvalue weighted by molar-refractivity contribution is -0.125. The zero-order valence-electron chi connectivity index (χ0n) is 11.3. The molecular formula is C14H20ClNO3. The average Bonchev–Trinajstić information content (AvgIpc) is 2.44. The Balaban J connectivity index is 2.54. The predicted octanol–water partition coefficient (Wildman–Crippen LogP) is 2.39. The average molecular weight is 286 g/mol. The molecule has 1 amide bonds. The number of para-hydroxylation sites is 1. The highest BCUT2D eigenvalue weighted by Crippen LogP contribution is 2.23. The zero-order chi connectivity index (χ0) is 14.3. The Labute approximate surface area is 118 Å². The Bertz CT molecular complexity index is 411. The van der Waals surface area contributed by atoms with Crippen molar-refractivity contribution in [2.45, 2.75) is 32.2 Å². The molecule has 5 heteroatoms. The van der Waals surface area contributed by atoms with Crippen molar-refractivity contribution in [3.05, 3.63) is 29.3 Å². The van der Waals surface area contributed by atoms with Gasteiger partial charge in [0.15, 0.2) is 6.61 Å². The molecule has 2 N–H and O–H groups in total. The van der Waals surface area contributed by atoms with Gasteiger partial charge in [-0.3, -0.25) is 4.79 Å². The van der Waals surface area contributed by atoms with E-state index < -0.39 is 5.54 Å². The van der Waals surface area contributed by atoms with Crippen LogP contribution >= 0.6 is 11.6 Å². The van der Waals surface area contributed by atoms with E-state index in [2.05, 4.69) is 5.32 Å². The van der Waals surface area contributed by atoms with Gasteiger partial charge in [-0.2, -0.15) is 0 Å². The first kappa shape index (κ1) is 15.8. The minimum absolute atomic E-state index is 0.0855. The van der Waals surface area contributed by atoms with Crippen LogP contribution in [0.1, 0.15) is 26.7 Å². The summed E-state index contributed by atoms with van der Waals surface area (Å²) in [4.78, 5) is 11.8. The van der Waals surface area contributed by atoms with Gasteiger partial charge in [0.1, 0.15) is 5.75 Å². The Morgan fingerprint density at radius 2 is 2.00 bits per heavy atom. The van der Waals surface area contributed by atoms with Gasteiger partial charge < -0.3 is 15.2 Å². The maximum atomic E-state index is 11.8. The number of ether oxygens (including phenoxy) is 1. The maximum absolute atomic E-state index is 11.8. The molecule has 0 radical (unpaired) electrons. The van der Waals surface area contributed by atoms with Gasteiger partial charge in [0.05, 0.1) is 17.2 Å². The number of aliphatic hydroxyl groups is 1. The molecular weight excluding hydrogens is 266 g/mol. The number of halogens is 1. The Kier molecular flexibility index (Phi) is 6.12. The van der Waals surface area contributed by atoms with Crippen molar-refractivity contribution in [2.24, 2.45) is 0 Å². The lowest BCUT2D eigenvalue weighted by Gasteiger charge is -2.30. The molecule has 0 bridgehead atoms. The molecule has 1 aromatic rings. The van der Waals surface area contributed by atoms with Crippen molar-refractivity contribution < 1.29 is 14.6 Å². The third-order valence-corrected chi connectivity index (χ3v) is 3.57. The van der Waals surface area contributed by atoms with E-state index in [0.29, 0.717) is 23.6 Å². The van der Waals surface area contributed by atoms with E-state index in [4.69, 9.17) is 16.3 Å². The van der Waals surface area contributed by atoms with Crippen molar-refractivity contribution in [3.63, 3.8) is 0 Å². The van der Waals surface area contributed by atoms with Crippen LogP contribution in [0, 0.1) is 0 Å². The molecule has 19 heavy (non-hydrogen) atoms. The van der Waals surface area contributed by atoms with E-state index in [1.165, 1.54) is 0 Å². The quantitative estimate of drug-likeness (QED) is 0.809. The summed E-state index contributed by atoms with van der Waals surface area (Å²) < 4.78 is 5.35. The summed E-state index contributed by atoms with van der Waals surface area (Å²) in [6, 6.07) is 6.98. The van der Waals surface area contributed by atoms with Gasteiger partial charge in [-0.1, -0.05) is 37.6 Å². The largest absolute Gasteiger partial charge is 0.482 e. The van der Waals surface area contributed by atoms with Crippen molar-refractivity contribution in [1.82, 2.24) is 5.32 Å². The summed E-state index contributed by atoms with van der Waals surface area (Å²) in [5, 5.41) is 12.7. The molecule has 0 aromatic heterocycles. The molecule has 1 aromatic carbocycles. The van der Waals surface area contributed by atoms with E-state index in [1.807, 2.05) is 13.8 Å². The maximum Gasteiger partial charge on any atom is 0.258 e. The van der Waals surface area contributed by atoms with E-state index in [1.54, 1.807) is 24.3 Å². The lowest BCUT2D eigenvalue weighted by atomic mass is 9.94. The molecule has 4 nitrogen and oxygen atoms in total. The standard InChI is InChI=1S/C14H20ClNO3/c1-3-14(4-2,10-17)16-13(18)9-19-12-8-6-5-7-11(12)15/h5-8,17H,3-4,9-10H2,1-2H3,(H,16,18). The Hall–Kier alpha value is -1.26. The molecule has 0 heterocycles. The second-order valence-electron chi connectivity index (χ2n) is 4.41. The number of hydrogen-bond donors (Lipinski definition) is 2. The third-order valence-electron chi connectivity index (χ3n) is 3.26. The minimum Gasteiger partial charge on any atom is -0.482 e. The number of carbonyl (C=O) groups excluding carboxylic acids is 1. The fourth-order valence-electron chi connectivity index (χ4n) is 1.73. The molecule has 0 saturated carbocycles. The molecule has 0 aliphatic carbocycles. The summed E-state index contributed by atoms with van der Waals surface area (Å²) >= 11 is 5.93. The van der Waals surface area contributed by atoms with E-state index in [9.17, 15) is 9.90 Å². The van der Waals surface area contributed by atoms with E-state index >= 15 is 0 Å². The highest BCUT2D eigenvalue weighted by molar-refractivity contribution is 6.32. The van der Waals surface area contributed by atoms with Gasteiger partial charge in [0, 0.05) is 0 Å². The highest BCUT2D eigenvalue weighted by atomic mass is 35.5. The van der Waals surface area contributed by atoms with Crippen molar-refractivity contribution in [1.29, 1.82) is 0 Å². The van der Waals surface area contributed by atoms with Crippen LogP contribution in [0.5, 0.6) is 5.75 Å². The normalized spacial score (nSPS) is 11.2. The summed E-state index contributed by atoms with van der Waals surface area (Å²) in [6.45, 7) is 3.65. The topological polar surface area (TPSA) is 58.6 Å². The zero-order valence-corrected chi connectivity index (χ0v) is 12.0. The molecule has 1 rings (SSSR count). The van der Waals surface area contributed by atoms with E-state index in [0.717, 1.165) is 0 Å².